The lowest BCUT2D eigenvalue weighted by molar-refractivity contribution is 0.0845. The van der Waals surface area contributed by atoms with Crippen LogP contribution in [0, 0.1) is 0 Å². The minimum Gasteiger partial charge on any atom is -0.351 e. The molecule has 1 fully saturated rings. The van der Waals surface area contributed by atoms with Crippen molar-refractivity contribution in [3.8, 4) is 0 Å². The minimum absolute atomic E-state index is 0. The van der Waals surface area contributed by atoms with E-state index in [9.17, 15) is 18.0 Å². The first-order valence-corrected chi connectivity index (χ1v) is 10.2. The van der Waals surface area contributed by atoms with Crippen molar-refractivity contribution < 1.29 is 18.0 Å². The molecule has 0 aliphatic carbocycles. The molecule has 2 aliphatic heterocycles. The first-order chi connectivity index (χ1) is 12.3. The van der Waals surface area contributed by atoms with Crippen LogP contribution < -0.4 is 10.6 Å². The lowest BCUT2D eigenvalue weighted by Crippen LogP contribution is -2.46. The van der Waals surface area contributed by atoms with E-state index < -0.39 is 22.0 Å². The highest BCUT2D eigenvalue weighted by atomic mass is 35.5. The third-order valence-corrected chi connectivity index (χ3v) is 6.60. The number of benzene rings is 1. The first kappa shape index (κ1) is 21.6. The molecule has 2 amide bonds. The van der Waals surface area contributed by atoms with Crippen molar-refractivity contribution in [2.45, 2.75) is 24.8 Å². The molecule has 2 heterocycles. The fourth-order valence-electron chi connectivity index (χ4n) is 3.26. The van der Waals surface area contributed by atoms with E-state index in [0.717, 1.165) is 37.0 Å². The monoisotopic (exact) mass is 416 g/mol. The zero-order valence-corrected chi connectivity index (χ0v) is 17.0. The van der Waals surface area contributed by atoms with Gasteiger partial charge in [-0.2, -0.15) is 0 Å². The number of carbonyl (C=O) groups excluding carboxylic acids is 2. The quantitative estimate of drug-likeness (QED) is 0.716. The number of carbonyl (C=O) groups is 2. The Morgan fingerprint density at radius 3 is 2.56 bits per heavy atom. The second-order valence-corrected chi connectivity index (χ2v) is 8.54. The maximum absolute atomic E-state index is 12.6. The number of rotatable bonds is 5. The Labute approximate surface area is 165 Å². The number of halogens is 1. The maximum atomic E-state index is 12.6. The highest BCUT2D eigenvalue weighted by Crippen LogP contribution is 2.32. The second kappa shape index (κ2) is 8.55. The van der Waals surface area contributed by atoms with Crippen LogP contribution in [-0.4, -0.2) is 74.7 Å². The number of sulfonamides is 1. The van der Waals surface area contributed by atoms with Gasteiger partial charge in [-0.25, -0.2) is 12.7 Å². The molecule has 27 heavy (non-hydrogen) atoms. The predicted molar refractivity (Wildman–Crippen MR) is 104 cm³/mol. The van der Waals surface area contributed by atoms with E-state index in [1.54, 1.807) is 13.8 Å². The van der Waals surface area contributed by atoms with Gasteiger partial charge >= 0.3 is 0 Å². The molecule has 0 bridgehead atoms. The molecule has 2 N–H and O–H groups in total. The summed E-state index contributed by atoms with van der Waals surface area (Å²) in [6.45, 7) is 8.29. The smallest absolute Gasteiger partial charge is 0.269 e. The van der Waals surface area contributed by atoms with Crippen LogP contribution >= 0.6 is 12.4 Å². The van der Waals surface area contributed by atoms with Crippen molar-refractivity contribution in [1.29, 1.82) is 0 Å². The number of nitrogens with zero attached hydrogens (tertiary/aromatic N) is 2. The molecule has 150 valence electrons. The number of fused-ring (bicyclic) bond motifs is 1. The van der Waals surface area contributed by atoms with Gasteiger partial charge in [0.25, 0.3) is 21.8 Å². The largest absolute Gasteiger partial charge is 0.351 e. The van der Waals surface area contributed by atoms with Crippen LogP contribution in [0.4, 0.5) is 0 Å². The van der Waals surface area contributed by atoms with Gasteiger partial charge in [0.15, 0.2) is 0 Å². The predicted octanol–water partition coefficient (Wildman–Crippen LogP) is 0.296. The Morgan fingerprint density at radius 1 is 1.26 bits per heavy atom. The molecule has 1 aromatic rings. The molecule has 10 heteroatoms. The Bertz CT molecular complexity index is 822. The number of piperazine rings is 1. The summed E-state index contributed by atoms with van der Waals surface area (Å²) in [5.41, 5.74) is 0.363. The average Bonchev–Trinajstić information content (AvgIpc) is 2.81. The fraction of sp³-hybridized carbons (Fsp3) is 0.529. The molecule has 0 aromatic heterocycles. The molecule has 0 unspecified atom stereocenters. The summed E-state index contributed by atoms with van der Waals surface area (Å²) in [7, 11) is -3.90. The van der Waals surface area contributed by atoms with Gasteiger partial charge in [-0.05, 0) is 32.0 Å². The molecule has 1 saturated heterocycles. The molecular weight excluding hydrogens is 392 g/mol. The van der Waals surface area contributed by atoms with E-state index in [4.69, 9.17) is 0 Å². The van der Waals surface area contributed by atoms with Gasteiger partial charge in [0.2, 0.25) is 0 Å². The topological polar surface area (TPSA) is 98.8 Å². The summed E-state index contributed by atoms with van der Waals surface area (Å²) < 4.78 is 26.0. The molecule has 0 radical (unpaired) electrons. The highest BCUT2D eigenvalue weighted by Gasteiger charge is 2.42. The molecule has 0 atom stereocenters. The number of hydrogen-bond acceptors (Lipinski definition) is 6. The van der Waals surface area contributed by atoms with E-state index >= 15 is 0 Å². The van der Waals surface area contributed by atoms with Crippen molar-refractivity contribution in [2.24, 2.45) is 0 Å². The van der Waals surface area contributed by atoms with Gasteiger partial charge in [-0.15, -0.1) is 12.4 Å². The van der Waals surface area contributed by atoms with Crippen LogP contribution in [0.15, 0.2) is 23.1 Å². The van der Waals surface area contributed by atoms with Gasteiger partial charge in [0.1, 0.15) is 4.90 Å². The van der Waals surface area contributed by atoms with Crippen LogP contribution in [0.1, 0.15) is 34.6 Å². The van der Waals surface area contributed by atoms with Crippen molar-refractivity contribution in [2.75, 3.05) is 39.3 Å². The van der Waals surface area contributed by atoms with Crippen LogP contribution in [0.2, 0.25) is 0 Å². The molecule has 0 spiro atoms. The Balaban J connectivity index is 0.00000261. The Hall–Kier alpha value is -1.68. The number of nitrogens with one attached hydrogen (secondary N) is 2. The molecular formula is C17H25ClN4O4S. The summed E-state index contributed by atoms with van der Waals surface area (Å²) >= 11 is 0. The molecule has 0 saturated carbocycles. The van der Waals surface area contributed by atoms with E-state index in [1.165, 1.54) is 18.2 Å². The van der Waals surface area contributed by atoms with Crippen LogP contribution in [0.3, 0.4) is 0 Å². The van der Waals surface area contributed by atoms with E-state index in [2.05, 4.69) is 15.5 Å². The summed E-state index contributed by atoms with van der Waals surface area (Å²) in [4.78, 5) is 26.8. The molecule has 1 aromatic carbocycles. The highest BCUT2D eigenvalue weighted by molar-refractivity contribution is 7.90. The van der Waals surface area contributed by atoms with Crippen LogP contribution in [-0.2, 0) is 10.0 Å². The SMILES string of the molecule is CC(C)N1C(=O)c2ccc(C(=O)NCCN3CCNCC3)cc2S1(=O)=O.Cl. The summed E-state index contributed by atoms with van der Waals surface area (Å²) in [6, 6.07) is 3.74. The zero-order valence-electron chi connectivity index (χ0n) is 15.4. The molecule has 8 nitrogen and oxygen atoms in total. The third kappa shape index (κ3) is 4.26. The zero-order chi connectivity index (χ0) is 18.9. The van der Waals surface area contributed by atoms with E-state index in [0.29, 0.717) is 6.54 Å². The van der Waals surface area contributed by atoms with Gasteiger partial charge in [0.05, 0.1) is 5.56 Å². The summed E-state index contributed by atoms with van der Waals surface area (Å²) in [5, 5.41) is 6.08. The van der Waals surface area contributed by atoms with Crippen molar-refractivity contribution in [3.63, 3.8) is 0 Å². The van der Waals surface area contributed by atoms with Gasteiger partial charge in [0, 0.05) is 50.9 Å². The maximum Gasteiger partial charge on any atom is 0.269 e. The van der Waals surface area contributed by atoms with Gasteiger partial charge < -0.3 is 10.6 Å². The Kier molecular flexibility index (Phi) is 6.85. The van der Waals surface area contributed by atoms with Crippen molar-refractivity contribution >= 4 is 34.2 Å². The number of hydrogen-bond donors (Lipinski definition) is 2. The summed E-state index contributed by atoms with van der Waals surface area (Å²) in [5.74, 6) is -0.880. The number of amides is 2. The summed E-state index contributed by atoms with van der Waals surface area (Å²) in [6.07, 6.45) is 0. The van der Waals surface area contributed by atoms with Gasteiger partial charge in [-0.3, -0.25) is 14.5 Å². The molecule has 3 rings (SSSR count). The minimum atomic E-state index is -3.90. The first-order valence-electron chi connectivity index (χ1n) is 8.76. The van der Waals surface area contributed by atoms with Crippen molar-refractivity contribution in [1.82, 2.24) is 19.8 Å². The average molecular weight is 417 g/mol. The lowest BCUT2D eigenvalue weighted by atomic mass is 10.1. The molecule has 2 aliphatic rings. The lowest BCUT2D eigenvalue weighted by Gasteiger charge is -2.27. The van der Waals surface area contributed by atoms with Gasteiger partial charge in [-0.1, -0.05) is 0 Å². The fourth-order valence-corrected chi connectivity index (χ4v) is 5.06. The third-order valence-electron chi connectivity index (χ3n) is 4.60. The Morgan fingerprint density at radius 2 is 1.93 bits per heavy atom. The van der Waals surface area contributed by atoms with E-state index in [-0.39, 0.29) is 34.3 Å². The van der Waals surface area contributed by atoms with E-state index in [1.807, 2.05) is 0 Å². The normalized spacial score (nSPS) is 18.9. The van der Waals surface area contributed by atoms with Crippen molar-refractivity contribution in [3.05, 3.63) is 29.3 Å². The second-order valence-electron chi connectivity index (χ2n) is 6.76. The van der Waals surface area contributed by atoms with Crippen LogP contribution in [0.25, 0.3) is 0 Å². The standard InChI is InChI=1S/C17H24N4O4S.ClH/c1-12(2)21-17(23)14-4-3-13(11-15(14)26(21,24)25)16(22)19-7-10-20-8-5-18-6-9-20;/h3-4,11-12,18H,5-10H2,1-2H3,(H,19,22);1H. The van der Waals surface area contributed by atoms with Crippen LogP contribution in [0.5, 0.6) is 0 Å².